The zero-order valence-corrected chi connectivity index (χ0v) is 12.7. The number of nitrogens with one attached hydrogen (secondary N) is 1. The van der Waals surface area contributed by atoms with Crippen LogP contribution < -0.4 is 11.1 Å². The number of anilines is 1. The molecule has 21 heavy (non-hydrogen) atoms. The summed E-state index contributed by atoms with van der Waals surface area (Å²) in [5.41, 5.74) is 6.23. The highest BCUT2D eigenvalue weighted by Crippen LogP contribution is 2.24. The van der Waals surface area contributed by atoms with E-state index in [0.29, 0.717) is 0 Å². The van der Waals surface area contributed by atoms with Gasteiger partial charge in [0, 0.05) is 16.2 Å². The molecule has 3 N–H and O–H groups in total. The van der Waals surface area contributed by atoms with E-state index in [1.54, 1.807) is 6.92 Å². The molecule has 1 unspecified atom stereocenters. The van der Waals surface area contributed by atoms with E-state index < -0.39 is 17.5 Å². The van der Waals surface area contributed by atoms with Gasteiger partial charge in [-0.05, 0) is 24.6 Å². The minimum atomic E-state index is -1.11. The molecule has 2 rings (SSSR count). The molecule has 0 radical (unpaired) electrons. The molecule has 0 saturated carbocycles. The Bertz CT molecular complexity index is 691. The number of carbonyl (C=O) groups excluding carboxylic acids is 1. The number of halogens is 3. The van der Waals surface area contributed by atoms with Gasteiger partial charge < -0.3 is 11.1 Å². The van der Waals surface area contributed by atoms with E-state index in [9.17, 15) is 13.6 Å². The maximum Gasteiger partial charge on any atom is 0.253 e. The van der Waals surface area contributed by atoms with Gasteiger partial charge in [0.2, 0.25) is 0 Å². The van der Waals surface area contributed by atoms with Crippen molar-refractivity contribution in [2.24, 2.45) is 0 Å². The van der Waals surface area contributed by atoms with Gasteiger partial charge in [0.15, 0.2) is 11.6 Å². The van der Waals surface area contributed by atoms with Gasteiger partial charge in [-0.1, -0.05) is 34.1 Å². The smallest absolute Gasteiger partial charge is 0.253 e. The molecular weight excluding hydrogens is 342 g/mol. The van der Waals surface area contributed by atoms with Gasteiger partial charge >= 0.3 is 0 Å². The number of nitrogen functional groups attached to an aromatic ring is 1. The van der Waals surface area contributed by atoms with Crippen molar-refractivity contribution in [3.63, 3.8) is 0 Å². The van der Waals surface area contributed by atoms with Crippen molar-refractivity contribution >= 4 is 27.5 Å². The zero-order valence-electron chi connectivity index (χ0n) is 11.2. The van der Waals surface area contributed by atoms with Crippen molar-refractivity contribution in [3.05, 3.63) is 63.6 Å². The molecule has 3 nitrogen and oxygen atoms in total. The first kappa shape index (κ1) is 15.4. The molecule has 1 amide bonds. The van der Waals surface area contributed by atoms with Crippen LogP contribution in [-0.2, 0) is 0 Å². The minimum Gasteiger partial charge on any atom is -0.398 e. The van der Waals surface area contributed by atoms with Crippen molar-refractivity contribution < 1.29 is 13.6 Å². The van der Waals surface area contributed by atoms with Gasteiger partial charge in [0.25, 0.3) is 5.91 Å². The first-order chi connectivity index (χ1) is 9.90. The SMILES string of the molecule is CC(NC(=O)c1cc(F)c(F)cc1N)c1ccccc1Br. The first-order valence-corrected chi connectivity index (χ1v) is 6.99. The molecule has 0 bridgehead atoms. The Kier molecular flexibility index (Phi) is 4.57. The lowest BCUT2D eigenvalue weighted by Gasteiger charge is -2.16. The molecule has 2 aromatic carbocycles. The monoisotopic (exact) mass is 354 g/mol. The molecule has 0 heterocycles. The third-order valence-electron chi connectivity index (χ3n) is 3.06. The molecule has 110 valence electrons. The third-order valence-corrected chi connectivity index (χ3v) is 3.78. The van der Waals surface area contributed by atoms with E-state index in [1.807, 2.05) is 24.3 Å². The van der Waals surface area contributed by atoms with Crippen LogP contribution in [0, 0.1) is 11.6 Å². The normalized spacial score (nSPS) is 12.0. The zero-order chi connectivity index (χ0) is 15.6. The highest BCUT2D eigenvalue weighted by atomic mass is 79.9. The maximum atomic E-state index is 13.2. The van der Waals surface area contributed by atoms with Crippen LogP contribution in [0.2, 0.25) is 0 Å². The topological polar surface area (TPSA) is 55.1 Å². The van der Waals surface area contributed by atoms with Crippen molar-refractivity contribution in [2.45, 2.75) is 13.0 Å². The summed E-state index contributed by atoms with van der Waals surface area (Å²) in [5.74, 6) is -2.75. The molecule has 0 saturated heterocycles. The Hall–Kier alpha value is -1.95. The van der Waals surface area contributed by atoms with Gasteiger partial charge in [0.05, 0.1) is 11.6 Å². The highest BCUT2D eigenvalue weighted by Gasteiger charge is 2.17. The number of nitrogens with two attached hydrogens (primary N) is 1. The summed E-state index contributed by atoms with van der Waals surface area (Å²) in [6, 6.07) is 8.68. The Morgan fingerprint density at radius 1 is 1.24 bits per heavy atom. The molecule has 0 aliphatic carbocycles. The highest BCUT2D eigenvalue weighted by molar-refractivity contribution is 9.10. The van der Waals surface area contributed by atoms with E-state index >= 15 is 0 Å². The molecule has 0 aliphatic heterocycles. The van der Waals surface area contributed by atoms with Crippen molar-refractivity contribution in [1.29, 1.82) is 0 Å². The minimum absolute atomic E-state index is 0.0900. The number of hydrogen-bond donors (Lipinski definition) is 2. The maximum absolute atomic E-state index is 13.2. The number of hydrogen-bond acceptors (Lipinski definition) is 2. The second-order valence-electron chi connectivity index (χ2n) is 4.57. The molecule has 0 spiro atoms. The Balaban J connectivity index is 2.22. The van der Waals surface area contributed by atoms with Crippen LogP contribution in [0.1, 0.15) is 28.9 Å². The van der Waals surface area contributed by atoms with E-state index in [0.717, 1.165) is 22.2 Å². The Morgan fingerprint density at radius 2 is 1.86 bits per heavy atom. The number of carbonyl (C=O) groups is 1. The fourth-order valence-corrected chi connectivity index (χ4v) is 2.57. The van der Waals surface area contributed by atoms with Crippen molar-refractivity contribution in [3.8, 4) is 0 Å². The van der Waals surface area contributed by atoms with Crippen LogP contribution in [-0.4, -0.2) is 5.91 Å². The summed E-state index contributed by atoms with van der Waals surface area (Å²) in [5, 5.41) is 2.70. The fraction of sp³-hybridized carbons (Fsp3) is 0.133. The van der Waals surface area contributed by atoms with Gasteiger partial charge in [-0.15, -0.1) is 0 Å². The van der Waals surface area contributed by atoms with Gasteiger partial charge in [0.1, 0.15) is 0 Å². The average Bonchev–Trinajstić information content (AvgIpc) is 2.43. The van der Waals surface area contributed by atoms with Gasteiger partial charge in [-0.2, -0.15) is 0 Å². The summed E-state index contributed by atoms with van der Waals surface area (Å²) in [4.78, 5) is 12.1. The van der Waals surface area contributed by atoms with E-state index in [2.05, 4.69) is 21.2 Å². The Morgan fingerprint density at radius 3 is 2.52 bits per heavy atom. The van der Waals surface area contributed by atoms with Crippen molar-refractivity contribution in [1.82, 2.24) is 5.32 Å². The van der Waals surface area contributed by atoms with Crippen LogP contribution in [0.4, 0.5) is 14.5 Å². The number of rotatable bonds is 3. The Labute approximate surface area is 129 Å². The predicted octanol–water partition coefficient (Wildman–Crippen LogP) is 3.80. The predicted molar refractivity (Wildman–Crippen MR) is 80.8 cm³/mol. The molecule has 0 fully saturated rings. The summed E-state index contributed by atoms with van der Waals surface area (Å²) in [6.45, 7) is 1.79. The number of amides is 1. The lowest BCUT2D eigenvalue weighted by Crippen LogP contribution is -2.27. The van der Waals surface area contributed by atoms with Crippen LogP contribution >= 0.6 is 15.9 Å². The van der Waals surface area contributed by atoms with Crippen LogP contribution in [0.25, 0.3) is 0 Å². The summed E-state index contributed by atoms with van der Waals surface area (Å²) in [7, 11) is 0. The van der Waals surface area contributed by atoms with Gasteiger partial charge in [-0.25, -0.2) is 8.78 Å². The van der Waals surface area contributed by atoms with Gasteiger partial charge in [-0.3, -0.25) is 4.79 Å². The molecular formula is C15H13BrF2N2O. The molecule has 0 aliphatic rings. The molecule has 1 atom stereocenters. The van der Waals surface area contributed by atoms with Crippen LogP contribution in [0.3, 0.4) is 0 Å². The lowest BCUT2D eigenvalue weighted by atomic mass is 10.1. The largest absolute Gasteiger partial charge is 0.398 e. The van der Waals surface area contributed by atoms with Crippen LogP contribution in [0.15, 0.2) is 40.9 Å². The average molecular weight is 355 g/mol. The fourth-order valence-electron chi connectivity index (χ4n) is 1.94. The first-order valence-electron chi connectivity index (χ1n) is 6.20. The van der Waals surface area contributed by atoms with Crippen molar-refractivity contribution in [2.75, 3.05) is 5.73 Å². The third kappa shape index (κ3) is 3.39. The van der Waals surface area contributed by atoms with Crippen LogP contribution in [0.5, 0.6) is 0 Å². The van der Waals surface area contributed by atoms with E-state index in [-0.39, 0.29) is 17.3 Å². The standard InChI is InChI=1S/C15H13BrF2N2O/c1-8(9-4-2-3-5-11(9)16)20-15(21)10-6-12(17)13(18)7-14(10)19/h2-8H,19H2,1H3,(H,20,21). The second kappa shape index (κ2) is 6.22. The summed E-state index contributed by atoms with van der Waals surface area (Å²) >= 11 is 3.39. The molecule has 2 aromatic rings. The molecule has 0 aromatic heterocycles. The summed E-state index contributed by atoms with van der Waals surface area (Å²) < 4.78 is 27.1. The van der Waals surface area contributed by atoms with E-state index in [4.69, 9.17) is 5.73 Å². The number of benzene rings is 2. The van der Waals surface area contributed by atoms with E-state index in [1.165, 1.54) is 0 Å². The molecule has 6 heteroatoms. The second-order valence-corrected chi connectivity index (χ2v) is 5.42. The quantitative estimate of drug-likeness (QED) is 0.823. The summed E-state index contributed by atoms with van der Waals surface area (Å²) in [6.07, 6.45) is 0. The lowest BCUT2D eigenvalue weighted by molar-refractivity contribution is 0.0940.